The van der Waals surface area contributed by atoms with Crippen LogP contribution in [0.4, 0.5) is 0 Å². The molecule has 0 spiro atoms. The first-order valence-electron chi connectivity index (χ1n) is 18.5. The summed E-state index contributed by atoms with van der Waals surface area (Å²) in [4.78, 5) is 46.0. The Hall–Kier alpha value is -1.73. The molecule has 0 bridgehead atoms. The number of fused-ring (bicyclic) bond motifs is 5. The molecule has 262 valence electrons. The Kier molecular flexibility index (Phi) is 11.0. The number of hydrogen-bond acceptors (Lipinski definition) is 5. The van der Waals surface area contributed by atoms with Crippen molar-refractivity contribution >= 4 is 17.7 Å². The van der Waals surface area contributed by atoms with E-state index in [1.807, 2.05) is 0 Å². The van der Waals surface area contributed by atoms with Gasteiger partial charge < -0.3 is 14.4 Å². The summed E-state index contributed by atoms with van der Waals surface area (Å²) in [6.45, 7) is 14.4. The standard InChI is InChI=1S/C39H66N2O5/c1-12-14-27-24-38(6)28(23-33(27)39(36(44)45,41(9,10)11)34(42)35(43)46-40(7)8)17-18-29-31-20-19-30(26(4)16-13-15-25(2)3)37(31,5)22-21-32(29)38/h17,25-27,29-33H,12-16,18-24H2,1-11H3/p+1/t26-,27?,29?,30-,31?,32?,33?,37-,38+,39+/m1/s1. The predicted octanol–water partition coefficient (Wildman–Crippen LogP) is 7.79. The van der Waals surface area contributed by atoms with Crippen molar-refractivity contribution in [3.05, 3.63) is 11.6 Å². The molecule has 10 atom stereocenters. The van der Waals surface area contributed by atoms with Gasteiger partial charge in [-0.15, -0.1) is 5.06 Å². The monoisotopic (exact) mass is 644 g/mol. The zero-order valence-electron chi connectivity index (χ0n) is 31.2. The number of ketones is 1. The van der Waals surface area contributed by atoms with E-state index in [1.165, 1.54) is 69.7 Å². The van der Waals surface area contributed by atoms with Gasteiger partial charge in [0.05, 0.1) is 21.1 Å². The molecule has 0 amide bonds. The Morgan fingerprint density at radius 2 is 1.74 bits per heavy atom. The molecule has 4 aliphatic rings. The van der Waals surface area contributed by atoms with E-state index in [0.29, 0.717) is 23.7 Å². The van der Waals surface area contributed by atoms with Crippen LogP contribution < -0.4 is 0 Å². The number of likely N-dealkylation sites (N-methyl/N-ethyl adjacent to an activating group) is 1. The minimum Gasteiger partial charge on any atom is -0.476 e. The number of carboxylic acid groups (broad SMARTS) is 1. The zero-order chi connectivity index (χ0) is 34.4. The van der Waals surface area contributed by atoms with Crippen LogP contribution in [0.1, 0.15) is 119 Å². The number of carbonyl (C=O) groups excluding carboxylic acids is 2. The molecule has 0 heterocycles. The second kappa shape index (κ2) is 13.6. The molecule has 4 rings (SSSR count). The van der Waals surface area contributed by atoms with Crippen LogP contribution in [0.5, 0.6) is 0 Å². The van der Waals surface area contributed by atoms with E-state index < -0.39 is 29.2 Å². The number of carbonyl (C=O) groups is 3. The Balaban J connectivity index is 1.68. The lowest BCUT2D eigenvalue weighted by atomic mass is 9.44. The number of hydrogen-bond donors (Lipinski definition) is 1. The molecule has 3 fully saturated rings. The molecule has 0 aromatic carbocycles. The van der Waals surface area contributed by atoms with Gasteiger partial charge in [0.2, 0.25) is 0 Å². The molecule has 0 saturated heterocycles. The van der Waals surface area contributed by atoms with E-state index in [4.69, 9.17) is 4.84 Å². The lowest BCUT2D eigenvalue weighted by Crippen LogP contribution is -2.74. The lowest BCUT2D eigenvalue weighted by Gasteiger charge is -2.61. The predicted molar refractivity (Wildman–Crippen MR) is 184 cm³/mol. The van der Waals surface area contributed by atoms with Crippen molar-refractivity contribution in [1.82, 2.24) is 5.06 Å². The van der Waals surface area contributed by atoms with Crippen LogP contribution >= 0.6 is 0 Å². The highest BCUT2D eigenvalue weighted by atomic mass is 16.7. The van der Waals surface area contributed by atoms with Gasteiger partial charge in [-0.05, 0) is 97.2 Å². The Morgan fingerprint density at radius 3 is 2.30 bits per heavy atom. The van der Waals surface area contributed by atoms with Crippen LogP contribution in [-0.2, 0) is 19.2 Å². The number of carboxylic acids is 1. The van der Waals surface area contributed by atoms with Crippen LogP contribution in [0.25, 0.3) is 0 Å². The number of allylic oxidation sites excluding steroid dienone is 2. The van der Waals surface area contributed by atoms with Gasteiger partial charge in [0.15, 0.2) is 0 Å². The highest BCUT2D eigenvalue weighted by Gasteiger charge is 2.69. The lowest BCUT2D eigenvalue weighted by molar-refractivity contribution is -0.908. The van der Waals surface area contributed by atoms with Gasteiger partial charge in [0, 0.05) is 20.0 Å². The van der Waals surface area contributed by atoms with E-state index >= 15 is 0 Å². The second-order valence-electron chi connectivity index (χ2n) is 18.0. The van der Waals surface area contributed by atoms with Gasteiger partial charge in [-0.2, -0.15) is 0 Å². The molecule has 0 aromatic rings. The molecule has 5 unspecified atom stereocenters. The van der Waals surface area contributed by atoms with Crippen molar-refractivity contribution in [3.8, 4) is 0 Å². The Bertz CT molecular complexity index is 1170. The largest absolute Gasteiger partial charge is 0.476 e. The SMILES string of the molecule is CCCC1C[C@@]2(C)C(=CCC3C2CC[C@@]2(C)C3CC[C@@H]2[C@H](C)CCCC(C)C)CC1[C@@](C(=O)O)(C(=O)C(=O)ON(C)C)[N+](C)(C)C. The average molecular weight is 644 g/mol. The Morgan fingerprint density at radius 1 is 1.07 bits per heavy atom. The fourth-order valence-corrected chi connectivity index (χ4v) is 11.9. The molecule has 0 aliphatic heterocycles. The second-order valence-corrected chi connectivity index (χ2v) is 18.0. The van der Waals surface area contributed by atoms with E-state index in [9.17, 15) is 19.5 Å². The minimum absolute atomic E-state index is 0.0100. The number of hydroxylamine groups is 2. The topological polar surface area (TPSA) is 83.9 Å². The van der Waals surface area contributed by atoms with Crippen molar-refractivity contribution in [2.24, 2.45) is 58.2 Å². The van der Waals surface area contributed by atoms with Crippen LogP contribution in [0.15, 0.2) is 11.6 Å². The van der Waals surface area contributed by atoms with Crippen molar-refractivity contribution in [1.29, 1.82) is 0 Å². The summed E-state index contributed by atoms with van der Waals surface area (Å²) in [5, 5.41) is 12.2. The van der Waals surface area contributed by atoms with Gasteiger partial charge in [-0.3, -0.25) is 4.79 Å². The van der Waals surface area contributed by atoms with Crippen LogP contribution in [0.3, 0.4) is 0 Å². The van der Waals surface area contributed by atoms with Crippen LogP contribution in [-0.4, -0.2) is 73.2 Å². The van der Waals surface area contributed by atoms with Crippen molar-refractivity contribution in [2.75, 3.05) is 35.2 Å². The molecule has 1 N–H and O–H groups in total. The summed E-state index contributed by atoms with van der Waals surface area (Å²) in [6.07, 6.45) is 15.9. The number of aliphatic carboxylic acids is 1. The summed E-state index contributed by atoms with van der Waals surface area (Å²) in [5.74, 6) is 0.596. The van der Waals surface area contributed by atoms with E-state index in [-0.39, 0.29) is 15.8 Å². The normalized spacial score (nSPS) is 36.2. The third-order valence-electron chi connectivity index (χ3n) is 13.9. The van der Waals surface area contributed by atoms with Gasteiger partial charge in [-0.25, -0.2) is 9.59 Å². The highest BCUT2D eigenvalue weighted by Crippen LogP contribution is 2.69. The average Bonchev–Trinajstić information content (AvgIpc) is 3.29. The first-order valence-corrected chi connectivity index (χ1v) is 18.5. The maximum atomic E-state index is 14.1. The summed E-state index contributed by atoms with van der Waals surface area (Å²) in [6, 6.07) is 0. The van der Waals surface area contributed by atoms with Crippen molar-refractivity contribution in [2.45, 2.75) is 124 Å². The summed E-state index contributed by atoms with van der Waals surface area (Å²) < 4.78 is -0.165. The molecule has 0 aromatic heterocycles. The maximum Gasteiger partial charge on any atom is 0.400 e. The van der Waals surface area contributed by atoms with E-state index in [0.717, 1.165) is 49.4 Å². The van der Waals surface area contributed by atoms with E-state index in [1.54, 1.807) is 21.1 Å². The molecular weight excluding hydrogens is 576 g/mol. The fraction of sp³-hybridized carbons (Fsp3) is 0.872. The molecular formula is C39H67N2O5+. The van der Waals surface area contributed by atoms with Gasteiger partial charge >= 0.3 is 17.7 Å². The van der Waals surface area contributed by atoms with Gasteiger partial charge in [0.1, 0.15) is 0 Å². The minimum atomic E-state index is -1.94. The third kappa shape index (κ3) is 6.26. The van der Waals surface area contributed by atoms with Gasteiger partial charge in [-0.1, -0.05) is 85.3 Å². The number of rotatable bonds is 13. The third-order valence-corrected chi connectivity index (χ3v) is 13.9. The first kappa shape index (κ1) is 37.1. The molecule has 4 aliphatic carbocycles. The molecule has 46 heavy (non-hydrogen) atoms. The van der Waals surface area contributed by atoms with Gasteiger partial charge in [0.25, 0.3) is 5.54 Å². The number of nitrogens with zero attached hydrogens (tertiary/aromatic N) is 2. The quantitative estimate of drug-likeness (QED) is 0.0725. The summed E-state index contributed by atoms with van der Waals surface area (Å²) in [7, 11) is 8.31. The fourth-order valence-electron chi connectivity index (χ4n) is 11.9. The van der Waals surface area contributed by atoms with Crippen LogP contribution in [0.2, 0.25) is 0 Å². The smallest absolute Gasteiger partial charge is 0.400 e. The van der Waals surface area contributed by atoms with Crippen molar-refractivity contribution in [3.63, 3.8) is 0 Å². The molecule has 7 heteroatoms. The zero-order valence-corrected chi connectivity index (χ0v) is 31.2. The van der Waals surface area contributed by atoms with Crippen LogP contribution in [0, 0.1) is 58.2 Å². The molecule has 0 radical (unpaired) electrons. The van der Waals surface area contributed by atoms with E-state index in [2.05, 4.69) is 47.6 Å². The highest BCUT2D eigenvalue weighted by molar-refractivity contribution is 6.41. The maximum absolute atomic E-state index is 14.1. The molecule has 3 saturated carbocycles. The first-order chi connectivity index (χ1) is 21.4. The summed E-state index contributed by atoms with van der Waals surface area (Å²) in [5.41, 5.74) is -0.216. The molecule has 7 nitrogen and oxygen atoms in total. The van der Waals surface area contributed by atoms with Crippen molar-refractivity contribution < 1.29 is 28.8 Å². The Labute approximate surface area is 280 Å². The number of Topliss-reactive ketones (excluding diaryl/α,β-unsaturated/α-hetero) is 1. The summed E-state index contributed by atoms with van der Waals surface area (Å²) >= 11 is 0. The number of quaternary nitrogens is 1.